The number of carbonyl (C=O) groups excluding carboxylic acids is 1. The maximum atomic E-state index is 11.8. The van der Waals surface area contributed by atoms with Crippen molar-refractivity contribution in [3.8, 4) is 5.75 Å². The summed E-state index contributed by atoms with van der Waals surface area (Å²) in [4.78, 5) is 11.8. The van der Waals surface area contributed by atoms with Crippen LogP contribution in [0.5, 0.6) is 5.75 Å². The summed E-state index contributed by atoms with van der Waals surface area (Å²) in [6, 6.07) is 8.06. The van der Waals surface area contributed by atoms with Gasteiger partial charge in [0.2, 0.25) is 0 Å². The largest absolute Gasteiger partial charge is 0.481 e. The number of amides is 1. The van der Waals surface area contributed by atoms with Crippen LogP contribution in [0.15, 0.2) is 24.3 Å². The van der Waals surface area contributed by atoms with Gasteiger partial charge in [0.1, 0.15) is 5.75 Å². The minimum atomic E-state index is -0.466. The lowest BCUT2D eigenvalue weighted by atomic mass is 10.1. The van der Waals surface area contributed by atoms with Crippen LogP contribution in [0.2, 0.25) is 0 Å². The third-order valence-electron chi connectivity index (χ3n) is 3.35. The molecular formula is C15H22N2O2. The van der Waals surface area contributed by atoms with E-state index in [0.717, 1.165) is 24.8 Å². The zero-order valence-electron chi connectivity index (χ0n) is 11.6. The molecule has 0 saturated heterocycles. The number of nitrogens with one attached hydrogen (secondary N) is 1. The van der Waals surface area contributed by atoms with Gasteiger partial charge in [-0.25, -0.2) is 0 Å². The second-order valence-corrected chi connectivity index (χ2v) is 5.13. The SMILES string of the molecule is CC[C@H](N)c1ccc(OC(C)C(=O)NC2CC2)cc1. The molecule has 1 aromatic carbocycles. The first-order valence-electron chi connectivity index (χ1n) is 6.92. The molecule has 2 rings (SSSR count). The summed E-state index contributed by atoms with van der Waals surface area (Å²) < 4.78 is 5.62. The summed E-state index contributed by atoms with van der Waals surface area (Å²) in [5.41, 5.74) is 7.04. The highest BCUT2D eigenvalue weighted by Gasteiger charge is 2.26. The normalized spacial score (nSPS) is 17.6. The van der Waals surface area contributed by atoms with E-state index < -0.39 is 6.10 Å². The van der Waals surface area contributed by atoms with Crippen LogP contribution >= 0.6 is 0 Å². The Morgan fingerprint density at radius 2 is 2.05 bits per heavy atom. The van der Waals surface area contributed by atoms with Crippen LogP contribution in [0.25, 0.3) is 0 Å². The number of nitrogens with two attached hydrogens (primary N) is 1. The standard InChI is InChI=1S/C15H22N2O2/c1-3-14(16)11-4-8-13(9-5-11)19-10(2)15(18)17-12-6-7-12/h4-5,8-10,12,14H,3,6-7,16H2,1-2H3,(H,17,18)/t10?,14-/m0/s1. The Morgan fingerprint density at radius 1 is 1.42 bits per heavy atom. The molecule has 19 heavy (non-hydrogen) atoms. The average molecular weight is 262 g/mol. The van der Waals surface area contributed by atoms with Crippen molar-refractivity contribution in [2.45, 2.75) is 51.3 Å². The van der Waals surface area contributed by atoms with Gasteiger partial charge in [-0.1, -0.05) is 19.1 Å². The van der Waals surface area contributed by atoms with Gasteiger partial charge in [0.15, 0.2) is 6.10 Å². The Hall–Kier alpha value is -1.55. The van der Waals surface area contributed by atoms with Gasteiger partial charge in [-0.15, -0.1) is 0 Å². The second kappa shape index (κ2) is 6.06. The van der Waals surface area contributed by atoms with Crippen molar-refractivity contribution in [2.24, 2.45) is 5.73 Å². The molecule has 1 aliphatic rings. The molecule has 1 aromatic rings. The van der Waals surface area contributed by atoms with Crippen LogP contribution in [0.3, 0.4) is 0 Å². The lowest BCUT2D eigenvalue weighted by Gasteiger charge is -2.15. The van der Waals surface area contributed by atoms with Crippen molar-refractivity contribution in [1.29, 1.82) is 0 Å². The van der Waals surface area contributed by atoms with E-state index in [1.165, 1.54) is 0 Å². The maximum Gasteiger partial charge on any atom is 0.260 e. The van der Waals surface area contributed by atoms with Crippen LogP contribution in [0.1, 0.15) is 44.7 Å². The second-order valence-electron chi connectivity index (χ2n) is 5.13. The fourth-order valence-corrected chi connectivity index (χ4v) is 1.83. The van der Waals surface area contributed by atoms with Crippen molar-refractivity contribution < 1.29 is 9.53 Å². The summed E-state index contributed by atoms with van der Waals surface area (Å²) in [5.74, 6) is 0.655. The molecule has 0 bridgehead atoms. The van der Waals surface area contributed by atoms with Gasteiger partial charge < -0.3 is 15.8 Å². The molecule has 4 heteroatoms. The molecule has 3 N–H and O–H groups in total. The number of hydrogen-bond acceptors (Lipinski definition) is 3. The summed E-state index contributed by atoms with van der Waals surface area (Å²) in [6.45, 7) is 3.82. The molecule has 4 nitrogen and oxygen atoms in total. The van der Waals surface area contributed by atoms with Gasteiger partial charge in [-0.3, -0.25) is 4.79 Å². The number of benzene rings is 1. The lowest BCUT2D eigenvalue weighted by Crippen LogP contribution is -2.37. The van der Waals surface area contributed by atoms with E-state index in [4.69, 9.17) is 10.5 Å². The van der Waals surface area contributed by atoms with Crippen LogP contribution in [0.4, 0.5) is 0 Å². The van der Waals surface area contributed by atoms with Gasteiger partial charge in [0.05, 0.1) is 0 Å². The third kappa shape index (κ3) is 3.96. The molecule has 1 fully saturated rings. The summed E-state index contributed by atoms with van der Waals surface area (Å²) in [7, 11) is 0. The maximum absolute atomic E-state index is 11.8. The molecule has 104 valence electrons. The van der Waals surface area contributed by atoms with Crippen molar-refractivity contribution >= 4 is 5.91 Å². The Labute approximate surface area is 114 Å². The van der Waals surface area contributed by atoms with Gasteiger partial charge in [-0.2, -0.15) is 0 Å². The van der Waals surface area contributed by atoms with Crippen molar-refractivity contribution in [2.75, 3.05) is 0 Å². The Bertz CT molecular complexity index is 426. The first kappa shape index (κ1) is 13.9. The van der Waals surface area contributed by atoms with E-state index in [-0.39, 0.29) is 11.9 Å². The predicted molar refractivity (Wildman–Crippen MR) is 74.9 cm³/mol. The first-order chi connectivity index (χ1) is 9.10. The number of rotatable bonds is 6. The molecule has 1 unspecified atom stereocenters. The molecule has 0 aliphatic heterocycles. The summed E-state index contributed by atoms with van der Waals surface area (Å²) in [6.07, 6.45) is 2.61. The van der Waals surface area contributed by atoms with Gasteiger partial charge in [0.25, 0.3) is 5.91 Å². The highest BCUT2D eigenvalue weighted by atomic mass is 16.5. The molecule has 0 spiro atoms. The third-order valence-corrected chi connectivity index (χ3v) is 3.35. The zero-order chi connectivity index (χ0) is 13.8. The van der Waals surface area contributed by atoms with Crippen LogP contribution < -0.4 is 15.8 Å². The molecule has 0 radical (unpaired) electrons. The van der Waals surface area contributed by atoms with Crippen LogP contribution in [-0.2, 0) is 4.79 Å². The minimum absolute atomic E-state index is 0.0446. The van der Waals surface area contributed by atoms with E-state index in [9.17, 15) is 4.79 Å². The fraction of sp³-hybridized carbons (Fsp3) is 0.533. The highest BCUT2D eigenvalue weighted by molar-refractivity contribution is 5.81. The van der Waals surface area contributed by atoms with E-state index in [2.05, 4.69) is 12.2 Å². The quantitative estimate of drug-likeness (QED) is 0.825. The van der Waals surface area contributed by atoms with E-state index in [1.807, 2.05) is 24.3 Å². The van der Waals surface area contributed by atoms with Crippen molar-refractivity contribution in [3.63, 3.8) is 0 Å². The molecule has 1 aliphatic carbocycles. The zero-order valence-corrected chi connectivity index (χ0v) is 11.6. The monoisotopic (exact) mass is 262 g/mol. The Balaban J connectivity index is 1.89. The van der Waals surface area contributed by atoms with Crippen LogP contribution in [0, 0.1) is 0 Å². The van der Waals surface area contributed by atoms with Crippen LogP contribution in [-0.4, -0.2) is 18.1 Å². The lowest BCUT2D eigenvalue weighted by molar-refractivity contribution is -0.127. The molecular weight excluding hydrogens is 240 g/mol. The Morgan fingerprint density at radius 3 is 2.58 bits per heavy atom. The molecule has 0 heterocycles. The smallest absolute Gasteiger partial charge is 0.260 e. The number of carbonyl (C=O) groups is 1. The highest BCUT2D eigenvalue weighted by Crippen LogP contribution is 2.21. The predicted octanol–water partition coefficient (Wildman–Crippen LogP) is 2.14. The molecule has 2 atom stereocenters. The van der Waals surface area contributed by atoms with E-state index in [1.54, 1.807) is 6.92 Å². The van der Waals surface area contributed by atoms with Gasteiger partial charge in [-0.05, 0) is 43.9 Å². The van der Waals surface area contributed by atoms with E-state index in [0.29, 0.717) is 11.8 Å². The minimum Gasteiger partial charge on any atom is -0.481 e. The molecule has 1 amide bonds. The Kier molecular flexibility index (Phi) is 4.43. The summed E-state index contributed by atoms with van der Waals surface area (Å²) >= 11 is 0. The average Bonchev–Trinajstić information content (AvgIpc) is 3.22. The van der Waals surface area contributed by atoms with Gasteiger partial charge in [0, 0.05) is 12.1 Å². The summed E-state index contributed by atoms with van der Waals surface area (Å²) in [5, 5.41) is 2.93. The van der Waals surface area contributed by atoms with E-state index >= 15 is 0 Å². The number of ether oxygens (including phenoxy) is 1. The molecule has 0 aromatic heterocycles. The topological polar surface area (TPSA) is 64.3 Å². The molecule has 1 saturated carbocycles. The fourth-order valence-electron chi connectivity index (χ4n) is 1.83. The first-order valence-corrected chi connectivity index (χ1v) is 6.92. The van der Waals surface area contributed by atoms with Crippen molar-refractivity contribution in [3.05, 3.63) is 29.8 Å². The van der Waals surface area contributed by atoms with Crippen molar-refractivity contribution in [1.82, 2.24) is 5.32 Å². The number of hydrogen-bond donors (Lipinski definition) is 2. The van der Waals surface area contributed by atoms with Gasteiger partial charge >= 0.3 is 0 Å².